The molecular formula is C15H19NO3. The summed E-state index contributed by atoms with van der Waals surface area (Å²) >= 11 is 0. The van der Waals surface area contributed by atoms with Crippen LogP contribution in [0.5, 0.6) is 0 Å². The van der Waals surface area contributed by atoms with Crippen LogP contribution in [0.15, 0.2) is 30.3 Å². The number of esters is 1. The Morgan fingerprint density at radius 2 is 2.00 bits per heavy atom. The fraction of sp³-hybridized carbons (Fsp3) is 0.533. The van der Waals surface area contributed by atoms with Gasteiger partial charge in [-0.15, -0.1) is 0 Å². The maximum absolute atomic E-state index is 12.1. The average molecular weight is 261 g/mol. The topological polar surface area (TPSA) is 58.6 Å². The maximum atomic E-state index is 12.1. The highest BCUT2D eigenvalue weighted by Gasteiger charge is 2.49. The largest absolute Gasteiger partial charge is 0.469 e. The smallest absolute Gasteiger partial charge is 0.310 e. The molecule has 3 unspecified atom stereocenters. The van der Waals surface area contributed by atoms with Crippen LogP contribution < -0.4 is 5.32 Å². The van der Waals surface area contributed by atoms with Gasteiger partial charge in [0, 0.05) is 18.0 Å². The number of aliphatic hydroxyl groups excluding tert-OH is 1. The van der Waals surface area contributed by atoms with Crippen LogP contribution in [0.4, 0.5) is 0 Å². The van der Waals surface area contributed by atoms with Gasteiger partial charge in [0.2, 0.25) is 0 Å². The first kappa shape index (κ1) is 12.6. The zero-order valence-electron chi connectivity index (χ0n) is 11.0. The van der Waals surface area contributed by atoms with Crippen molar-refractivity contribution < 1.29 is 14.6 Å². The Balaban J connectivity index is 1.94. The Bertz CT molecular complexity index is 460. The number of aliphatic hydroxyl groups is 1. The molecule has 2 bridgehead atoms. The molecule has 0 spiro atoms. The van der Waals surface area contributed by atoms with E-state index >= 15 is 0 Å². The number of carbonyl (C=O) groups is 1. The second kappa shape index (κ2) is 4.94. The molecule has 0 amide bonds. The summed E-state index contributed by atoms with van der Waals surface area (Å²) in [6.45, 7) is 0. The molecule has 1 aromatic rings. The molecule has 2 aliphatic heterocycles. The Kier molecular flexibility index (Phi) is 3.29. The van der Waals surface area contributed by atoms with E-state index in [1.165, 1.54) is 7.11 Å². The van der Waals surface area contributed by atoms with E-state index in [9.17, 15) is 9.90 Å². The van der Waals surface area contributed by atoms with Gasteiger partial charge in [0.1, 0.15) is 0 Å². The van der Waals surface area contributed by atoms with Crippen LogP contribution in [0.1, 0.15) is 24.3 Å². The van der Waals surface area contributed by atoms with Crippen molar-refractivity contribution in [1.29, 1.82) is 0 Å². The van der Waals surface area contributed by atoms with Crippen molar-refractivity contribution in [3.8, 4) is 0 Å². The van der Waals surface area contributed by atoms with Crippen molar-refractivity contribution in [3.05, 3.63) is 35.9 Å². The monoisotopic (exact) mass is 261 g/mol. The minimum atomic E-state index is -0.356. The fourth-order valence-electron chi connectivity index (χ4n) is 3.56. The predicted octanol–water partition coefficient (Wildman–Crippen LogP) is 1.05. The van der Waals surface area contributed by atoms with Gasteiger partial charge < -0.3 is 15.2 Å². The first-order valence-corrected chi connectivity index (χ1v) is 6.77. The van der Waals surface area contributed by atoms with Crippen LogP contribution in [-0.4, -0.2) is 36.4 Å². The molecule has 102 valence electrons. The third-order valence-electron chi connectivity index (χ3n) is 4.46. The molecule has 19 heavy (non-hydrogen) atoms. The molecule has 2 aliphatic rings. The van der Waals surface area contributed by atoms with Gasteiger partial charge in [-0.3, -0.25) is 4.79 Å². The fourth-order valence-corrected chi connectivity index (χ4v) is 3.56. The second-order valence-corrected chi connectivity index (χ2v) is 5.48. The normalized spacial score (nSPS) is 37.1. The summed E-state index contributed by atoms with van der Waals surface area (Å²) in [4.78, 5) is 12.1. The van der Waals surface area contributed by atoms with E-state index in [2.05, 4.69) is 17.4 Å². The van der Waals surface area contributed by atoms with Crippen LogP contribution in [0.25, 0.3) is 0 Å². The van der Waals surface area contributed by atoms with Gasteiger partial charge in [-0.25, -0.2) is 0 Å². The number of rotatable bonds is 2. The Morgan fingerprint density at radius 1 is 1.26 bits per heavy atom. The lowest BCUT2D eigenvalue weighted by atomic mass is 9.77. The van der Waals surface area contributed by atoms with Gasteiger partial charge in [-0.1, -0.05) is 30.3 Å². The lowest BCUT2D eigenvalue weighted by Crippen LogP contribution is -2.49. The van der Waals surface area contributed by atoms with Gasteiger partial charge in [0.25, 0.3) is 0 Å². The summed E-state index contributed by atoms with van der Waals surface area (Å²) in [5.74, 6) is -0.262. The number of piperidine rings is 1. The highest BCUT2D eigenvalue weighted by atomic mass is 16.5. The Labute approximate surface area is 112 Å². The van der Waals surface area contributed by atoms with E-state index in [1.807, 2.05) is 18.2 Å². The van der Waals surface area contributed by atoms with E-state index in [-0.39, 0.29) is 36.0 Å². The molecule has 2 heterocycles. The van der Waals surface area contributed by atoms with Crippen LogP contribution in [0, 0.1) is 5.92 Å². The summed E-state index contributed by atoms with van der Waals surface area (Å²) in [6.07, 6.45) is 1.06. The zero-order chi connectivity index (χ0) is 13.4. The van der Waals surface area contributed by atoms with Crippen LogP contribution >= 0.6 is 0 Å². The highest BCUT2D eigenvalue weighted by molar-refractivity contribution is 5.75. The van der Waals surface area contributed by atoms with Crippen molar-refractivity contribution in [2.45, 2.75) is 36.9 Å². The zero-order valence-corrected chi connectivity index (χ0v) is 11.0. The number of fused-ring (bicyclic) bond motifs is 2. The van der Waals surface area contributed by atoms with Gasteiger partial charge in [-0.2, -0.15) is 0 Å². The van der Waals surface area contributed by atoms with Crippen LogP contribution in [0.2, 0.25) is 0 Å². The summed E-state index contributed by atoms with van der Waals surface area (Å²) in [5.41, 5.74) is 1.16. The SMILES string of the molecule is COC(=O)[C@@H]1C2CC(O)C(C[C@H]1c1ccccc1)N2. The minimum absolute atomic E-state index is 0.0198. The molecule has 4 heteroatoms. The van der Waals surface area contributed by atoms with Crippen molar-refractivity contribution in [1.82, 2.24) is 5.32 Å². The lowest BCUT2D eigenvalue weighted by molar-refractivity contribution is -0.148. The van der Waals surface area contributed by atoms with Crippen LogP contribution in [0.3, 0.4) is 0 Å². The molecule has 2 fully saturated rings. The van der Waals surface area contributed by atoms with Crippen molar-refractivity contribution in [2.75, 3.05) is 7.11 Å². The summed E-state index contributed by atoms with van der Waals surface area (Å²) < 4.78 is 4.97. The maximum Gasteiger partial charge on any atom is 0.310 e. The number of carbonyl (C=O) groups excluding carboxylic acids is 1. The van der Waals surface area contributed by atoms with E-state index in [0.717, 1.165) is 12.0 Å². The first-order chi connectivity index (χ1) is 9.20. The van der Waals surface area contributed by atoms with E-state index in [0.29, 0.717) is 6.42 Å². The molecule has 2 N–H and O–H groups in total. The standard InChI is InChI=1S/C15H19NO3/c1-19-15(18)14-10(9-5-3-2-4-6-9)7-11-13(17)8-12(14)16-11/h2-6,10-14,16-17H,7-8H2,1H3/t10-,11?,12?,13?,14-/m0/s1. The van der Waals surface area contributed by atoms with Gasteiger partial charge in [0.05, 0.1) is 19.1 Å². The third-order valence-corrected chi connectivity index (χ3v) is 4.46. The van der Waals surface area contributed by atoms with Crippen LogP contribution in [-0.2, 0) is 9.53 Å². The van der Waals surface area contributed by atoms with E-state index in [4.69, 9.17) is 4.74 Å². The number of benzene rings is 1. The number of hydrogen-bond acceptors (Lipinski definition) is 4. The number of nitrogens with one attached hydrogen (secondary N) is 1. The second-order valence-electron chi connectivity index (χ2n) is 5.48. The predicted molar refractivity (Wildman–Crippen MR) is 70.6 cm³/mol. The van der Waals surface area contributed by atoms with Gasteiger partial charge in [0.15, 0.2) is 0 Å². The summed E-state index contributed by atoms with van der Waals surface area (Å²) in [5, 5.41) is 13.4. The average Bonchev–Trinajstić information content (AvgIpc) is 2.74. The van der Waals surface area contributed by atoms with Crippen molar-refractivity contribution >= 4 is 5.97 Å². The van der Waals surface area contributed by atoms with E-state index < -0.39 is 0 Å². The van der Waals surface area contributed by atoms with Crippen molar-refractivity contribution in [2.24, 2.45) is 5.92 Å². The van der Waals surface area contributed by atoms with E-state index in [1.54, 1.807) is 0 Å². The molecule has 3 rings (SSSR count). The molecule has 0 aromatic heterocycles. The molecule has 5 atom stereocenters. The number of ether oxygens (including phenoxy) is 1. The van der Waals surface area contributed by atoms with Gasteiger partial charge in [-0.05, 0) is 18.4 Å². The highest BCUT2D eigenvalue weighted by Crippen LogP contribution is 2.42. The molecular weight excluding hydrogens is 242 g/mol. The lowest BCUT2D eigenvalue weighted by Gasteiger charge is -2.36. The summed E-state index contributed by atoms with van der Waals surface area (Å²) in [7, 11) is 1.43. The Morgan fingerprint density at radius 3 is 2.68 bits per heavy atom. The molecule has 1 aromatic carbocycles. The minimum Gasteiger partial charge on any atom is -0.469 e. The third kappa shape index (κ3) is 2.15. The first-order valence-electron chi connectivity index (χ1n) is 6.77. The molecule has 4 nitrogen and oxygen atoms in total. The number of hydrogen-bond donors (Lipinski definition) is 2. The van der Waals surface area contributed by atoms with Gasteiger partial charge >= 0.3 is 5.97 Å². The quantitative estimate of drug-likeness (QED) is 0.781. The van der Waals surface area contributed by atoms with Crippen molar-refractivity contribution in [3.63, 3.8) is 0 Å². The molecule has 2 saturated heterocycles. The summed E-state index contributed by atoms with van der Waals surface area (Å²) in [6, 6.07) is 10.2. The molecule has 0 radical (unpaired) electrons. The Hall–Kier alpha value is -1.39. The number of methoxy groups -OCH3 is 1. The molecule has 0 saturated carbocycles. The molecule has 0 aliphatic carbocycles.